The van der Waals surface area contributed by atoms with Crippen LogP contribution in [0, 0.1) is 5.92 Å². The van der Waals surface area contributed by atoms with E-state index in [0.29, 0.717) is 18.5 Å². The lowest BCUT2D eigenvalue weighted by molar-refractivity contribution is 0.342. The van der Waals surface area contributed by atoms with E-state index in [4.69, 9.17) is 9.72 Å². The van der Waals surface area contributed by atoms with Crippen molar-refractivity contribution in [2.24, 2.45) is 5.92 Å². The summed E-state index contributed by atoms with van der Waals surface area (Å²) in [7, 11) is 0. The highest BCUT2D eigenvalue weighted by Gasteiger charge is 2.10. The van der Waals surface area contributed by atoms with Crippen LogP contribution in [0.1, 0.15) is 20.8 Å². The summed E-state index contributed by atoms with van der Waals surface area (Å²) in [4.78, 5) is 9.35. The molecule has 0 bridgehead atoms. The Morgan fingerprint density at radius 3 is 2.44 bits per heavy atom. The molecular weight excluding hydrogens is 336 g/mol. The molecule has 0 aliphatic heterocycles. The zero-order valence-electron chi connectivity index (χ0n) is 16.1. The van der Waals surface area contributed by atoms with E-state index in [0.717, 1.165) is 35.1 Å². The summed E-state index contributed by atoms with van der Waals surface area (Å²) in [5.74, 6) is 2.64. The number of ether oxygens (including phenoxy) is 1. The number of nitrogens with zero attached hydrogens (tertiary/aromatic N) is 2. The van der Waals surface area contributed by atoms with Gasteiger partial charge in [-0.2, -0.15) is 4.98 Å². The number of aromatic nitrogens is 2. The van der Waals surface area contributed by atoms with E-state index in [-0.39, 0.29) is 0 Å². The number of para-hydroxylation sites is 2. The van der Waals surface area contributed by atoms with Gasteiger partial charge < -0.3 is 15.4 Å². The molecule has 0 amide bonds. The molecule has 1 aromatic heterocycles. The van der Waals surface area contributed by atoms with E-state index in [9.17, 15) is 0 Å². The van der Waals surface area contributed by atoms with Crippen molar-refractivity contribution in [3.63, 3.8) is 0 Å². The molecule has 5 nitrogen and oxygen atoms in total. The normalized spacial score (nSPS) is 10.7. The van der Waals surface area contributed by atoms with Gasteiger partial charge in [0.1, 0.15) is 11.6 Å². The topological polar surface area (TPSA) is 59.1 Å². The summed E-state index contributed by atoms with van der Waals surface area (Å²) >= 11 is 0. The van der Waals surface area contributed by atoms with Crippen molar-refractivity contribution < 1.29 is 4.74 Å². The Hall–Kier alpha value is -3.08. The second-order valence-electron chi connectivity index (χ2n) is 6.66. The van der Waals surface area contributed by atoms with Gasteiger partial charge in [0.05, 0.1) is 18.0 Å². The lowest BCUT2D eigenvalue weighted by atomic mass is 10.1. The van der Waals surface area contributed by atoms with Crippen LogP contribution in [0.2, 0.25) is 0 Å². The van der Waals surface area contributed by atoms with Crippen molar-refractivity contribution in [2.75, 3.05) is 23.8 Å². The van der Waals surface area contributed by atoms with E-state index < -0.39 is 0 Å². The van der Waals surface area contributed by atoms with Crippen molar-refractivity contribution in [1.29, 1.82) is 0 Å². The van der Waals surface area contributed by atoms with E-state index in [1.165, 1.54) is 0 Å². The molecule has 0 aliphatic carbocycles. The van der Waals surface area contributed by atoms with E-state index in [2.05, 4.69) is 29.5 Å². The van der Waals surface area contributed by atoms with Crippen LogP contribution in [-0.2, 0) is 0 Å². The van der Waals surface area contributed by atoms with Gasteiger partial charge in [-0.3, -0.25) is 0 Å². The first-order valence-corrected chi connectivity index (χ1v) is 9.33. The maximum absolute atomic E-state index is 5.70. The molecule has 2 aromatic carbocycles. The second-order valence-corrected chi connectivity index (χ2v) is 6.66. The van der Waals surface area contributed by atoms with Gasteiger partial charge in [0.25, 0.3) is 0 Å². The third kappa shape index (κ3) is 5.20. The first-order valence-electron chi connectivity index (χ1n) is 9.33. The third-order valence-electron chi connectivity index (χ3n) is 3.92. The lowest BCUT2D eigenvalue weighted by Gasteiger charge is -2.14. The van der Waals surface area contributed by atoms with Crippen LogP contribution < -0.4 is 15.4 Å². The zero-order valence-corrected chi connectivity index (χ0v) is 16.1. The Bertz CT molecular complexity index is 865. The largest absolute Gasteiger partial charge is 0.492 e. The molecule has 0 atom stereocenters. The Kier molecular flexibility index (Phi) is 6.26. The van der Waals surface area contributed by atoms with Crippen LogP contribution in [0.3, 0.4) is 0 Å². The van der Waals surface area contributed by atoms with E-state index in [1.54, 1.807) is 0 Å². The number of nitrogens with one attached hydrogen (secondary N) is 2. The molecule has 0 saturated carbocycles. The van der Waals surface area contributed by atoms with Gasteiger partial charge in [0.2, 0.25) is 5.95 Å². The zero-order chi connectivity index (χ0) is 19.1. The van der Waals surface area contributed by atoms with Gasteiger partial charge in [-0.1, -0.05) is 56.3 Å². The summed E-state index contributed by atoms with van der Waals surface area (Å²) in [5.41, 5.74) is 2.77. The van der Waals surface area contributed by atoms with Crippen LogP contribution in [0.4, 0.5) is 17.5 Å². The highest BCUT2D eigenvalue weighted by molar-refractivity contribution is 5.68. The van der Waals surface area contributed by atoms with Gasteiger partial charge in [-0.05, 0) is 25.0 Å². The first kappa shape index (κ1) is 18.7. The summed E-state index contributed by atoms with van der Waals surface area (Å²) in [6.07, 6.45) is 0. The predicted octanol–water partition coefficient (Wildman–Crippen LogP) is 5.35. The number of benzene rings is 2. The molecule has 5 heteroatoms. The molecule has 0 fully saturated rings. The molecule has 140 valence electrons. The molecular formula is C22H26N4O. The average Bonchev–Trinajstić information content (AvgIpc) is 2.69. The maximum atomic E-state index is 5.70. The van der Waals surface area contributed by atoms with Crippen LogP contribution in [0.15, 0.2) is 60.7 Å². The summed E-state index contributed by atoms with van der Waals surface area (Å²) in [5, 5.41) is 6.71. The van der Waals surface area contributed by atoms with Crippen molar-refractivity contribution in [3.05, 3.63) is 60.7 Å². The number of rotatable bonds is 8. The Balaban J connectivity index is 1.95. The molecule has 2 N–H and O–H groups in total. The number of hydrogen-bond donors (Lipinski definition) is 2. The average molecular weight is 362 g/mol. The molecule has 3 rings (SSSR count). The minimum atomic E-state index is 0.523. The van der Waals surface area contributed by atoms with E-state index >= 15 is 0 Å². The number of hydrogen-bond acceptors (Lipinski definition) is 5. The third-order valence-corrected chi connectivity index (χ3v) is 3.92. The Labute approximate surface area is 160 Å². The SMILES string of the molecule is CCOc1ccccc1Nc1nc(NCC(C)C)cc(-c2ccccc2)n1. The molecule has 1 heterocycles. The van der Waals surface area contributed by atoms with Gasteiger partial charge in [-0.25, -0.2) is 4.98 Å². The first-order chi connectivity index (χ1) is 13.2. The van der Waals surface area contributed by atoms with Gasteiger partial charge in [-0.15, -0.1) is 0 Å². The lowest BCUT2D eigenvalue weighted by Crippen LogP contribution is -2.11. The quantitative estimate of drug-likeness (QED) is 0.565. The predicted molar refractivity (Wildman–Crippen MR) is 112 cm³/mol. The molecule has 0 radical (unpaired) electrons. The monoisotopic (exact) mass is 362 g/mol. The maximum Gasteiger partial charge on any atom is 0.229 e. The molecule has 0 unspecified atom stereocenters. The molecule has 0 aliphatic rings. The van der Waals surface area contributed by atoms with Crippen LogP contribution in [-0.4, -0.2) is 23.1 Å². The van der Waals surface area contributed by atoms with Gasteiger partial charge >= 0.3 is 0 Å². The molecule has 3 aromatic rings. The molecule has 0 spiro atoms. The highest BCUT2D eigenvalue weighted by atomic mass is 16.5. The Morgan fingerprint density at radius 1 is 0.963 bits per heavy atom. The van der Waals surface area contributed by atoms with Gasteiger partial charge in [0, 0.05) is 18.2 Å². The van der Waals surface area contributed by atoms with Crippen molar-refractivity contribution in [1.82, 2.24) is 9.97 Å². The minimum Gasteiger partial charge on any atom is -0.492 e. The van der Waals surface area contributed by atoms with Crippen LogP contribution in [0.25, 0.3) is 11.3 Å². The summed E-state index contributed by atoms with van der Waals surface area (Å²) in [6, 6.07) is 19.9. The fourth-order valence-corrected chi connectivity index (χ4v) is 2.63. The summed E-state index contributed by atoms with van der Waals surface area (Å²) < 4.78 is 5.70. The second kappa shape index (κ2) is 9.03. The molecule has 27 heavy (non-hydrogen) atoms. The van der Waals surface area contributed by atoms with Crippen molar-refractivity contribution >= 4 is 17.5 Å². The number of anilines is 3. The summed E-state index contributed by atoms with van der Waals surface area (Å²) in [6.45, 7) is 7.76. The fraction of sp³-hybridized carbons (Fsp3) is 0.273. The standard InChI is InChI=1S/C22H26N4O/c1-4-27-20-13-9-8-12-18(20)24-22-25-19(17-10-6-5-7-11-17)14-21(26-22)23-15-16(2)3/h5-14,16H,4,15H2,1-3H3,(H2,23,24,25,26). The minimum absolute atomic E-state index is 0.523. The van der Waals surface area contributed by atoms with Gasteiger partial charge in [0.15, 0.2) is 0 Å². The smallest absolute Gasteiger partial charge is 0.229 e. The fourth-order valence-electron chi connectivity index (χ4n) is 2.63. The van der Waals surface area contributed by atoms with Crippen LogP contribution >= 0.6 is 0 Å². The van der Waals surface area contributed by atoms with E-state index in [1.807, 2.05) is 67.6 Å². The Morgan fingerprint density at radius 2 is 1.70 bits per heavy atom. The molecule has 0 saturated heterocycles. The van der Waals surface area contributed by atoms with Crippen molar-refractivity contribution in [3.8, 4) is 17.0 Å². The van der Waals surface area contributed by atoms with Crippen LogP contribution in [0.5, 0.6) is 5.75 Å². The van der Waals surface area contributed by atoms with Crippen molar-refractivity contribution in [2.45, 2.75) is 20.8 Å². The highest BCUT2D eigenvalue weighted by Crippen LogP contribution is 2.28.